The molecular formula is C12H23NO. The molecule has 1 N–H and O–H groups in total. The molecule has 1 aliphatic carbocycles. The van der Waals surface area contributed by atoms with Crippen LogP contribution in [-0.4, -0.2) is 35.2 Å². The molecule has 0 aromatic carbocycles. The van der Waals surface area contributed by atoms with Gasteiger partial charge in [-0.3, -0.25) is 4.90 Å². The number of piperidine rings is 1. The largest absolute Gasteiger partial charge is 0.392 e. The summed E-state index contributed by atoms with van der Waals surface area (Å²) in [5.74, 6) is 0.952. The summed E-state index contributed by atoms with van der Waals surface area (Å²) in [5.41, 5.74) is 0. The summed E-state index contributed by atoms with van der Waals surface area (Å²) in [6.07, 6.45) is 7.79. The second-order valence-electron chi connectivity index (χ2n) is 4.96. The van der Waals surface area contributed by atoms with E-state index in [1.54, 1.807) is 0 Å². The van der Waals surface area contributed by atoms with Gasteiger partial charge in [-0.2, -0.15) is 0 Å². The molecule has 14 heavy (non-hydrogen) atoms. The normalized spacial score (nSPS) is 35.6. The number of fused-ring (bicyclic) bond motifs is 1. The van der Waals surface area contributed by atoms with Crippen molar-refractivity contribution in [3.8, 4) is 0 Å². The van der Waals surface area contributed by atoms with E-state index in [1.165, 1.54) is 38.6 Å². The van der Waals surface area contributed by atoms with E-state index in [-0.39, 0.29) is 6.10 Å². The lowest BCUT2D eigenvalue weighted by Crippen LogP contribution is -2.45. The lowest BCUT2D eigenvalue weighted by atomic mass is 9.91. The van der Waals surface area contributed by atoms with Gasteiger partial charge in [0.25, 0.3) is 0 Å². The van der Waals surface area contributed by atoms with Gasteiger partial charge in [-0.15, -0.1) is 0 Å². The molecule has 2 aliphatic rings. The van der Waals surface area contributed by atoms with Gasteiger partial charge in [-0.05, 0) is 44.6 Å². The highest BCUT2D eigenvalue weighted by Gasteiger charge is 2.35. The summed E-state index contributed by atoms with van der Waals surface area (Å²) >= 11 is 0. The molecule has 2 rings (SSSR count). The highest BCUT2D eigenvalue weighted by atomic mass is 16.3. The third-order valence-electron chi connectivity index (χ3n) is 4.02. The molecule has 0 amide bonds. The van der Waals surface area contributed by atoms with Gasteiger partial charge in [-0.1, -0.05) is 13.3 Å². The molecule has 0 spiro atoms. The number of aliphatic hydroxyl groups excluding tert-OH is 1. The molecule has 2 heteroatoms. The number of β-amino-alcohol motifs (C(OH)–C–C–N with tert-alkyl or cyclic N) is 1. The number of rotatable bonds is 3. The molecule has 0 aromatic rings. The standard InChI is InChI=1S/C12H23NO/c1-2-11(14)9-13-8-4-6-10-5-3-7-12(10)13/h10-12,14H,2-9H2,1H3. The quantitative estimate of drug-likeness (QED) is 0.748. The zero-order chi connectivity index (χ0) is 9.97. The number of aliphatic hydroxyl groups is 1. The first-order chi connectivity index (χ1) is 6.81. The predicted molar refractivity (Wildman–Crippen MR) is 58.2 cm³/mol. The molecule has 1 heterocycles. The maximum atomic E-state index is 9.69. The van der Waals surface area contributed by atoms with Crippen LogP contribution in [0.1, 0.15) is 45.4 Å². The average molecular weight is 197 g/mol. The number of hydrogen-bond acceptors (Lipinski definition) is 2. The Morgan fingerprint density at radius 1 is 1.29 bits per heavy atom. The minimum absolute atomic E-state index is 0.102. The van der Waals surface area contributed by atoms with Crippen molar-refractivity contribution in [1.29, 1.82) is 0 Å². The maximum absolute atomic E-state index is 9.69. The first-order valence-electron chi connectivity index (χ1n) is 6.23. The highest BCUT2D eigenvalue weighted by molar-refractivity contribution is 4.89. The SMILES string of the molecule is CCC(O)CN1CCCC2CCCC21. The minimum Gasteiger partial charge on any atom is -0.392 e. The molecule has 0 radical (unpaired) electrons. The summed E-state index contributed by atoms with van der Waals surface area (Å²) in [7, 11) is 0. The molecule has 82 valence electrons. The number of nitrogens with zero attached hydrogens (tertiary/aromatic N) is 1. The lowest BCUT2D eigenvalue weighted by Gasteiger charge is -2.38. The third kappa shape index (κ3) is 2.12. The van der Waals surface area contributed by atoms with Crippen LogP contribution in [0.3, 0.4) is 0 Å². The van der Waals surface area contributed by atoms with E-state index in [4.69, 9.17) is 0 Å². The van der Waals surface area contributed by atoms with Gasteiger partial charge in [-0.25, -0.2) is 0 Å². The Morgan fingerprint density at radius 2 is 2.07 bits per heavy atom. The zero-order valence-corrected chi connectivity index (χ0v) is 9.28. The van der Waals surface area contributed by atoms with Crippen LogP contribution in [0, 0.1) is 5.92 Å². The Hall–Kier alpha value is -0.0800. The van der Waals surface area contributed by atoms with Gasteiger partial charge in [0.15, 0.2) is 0 Å². The first-order valence-corrected chi connectivity index (χ1v) is 6.23. The molecule has 2 nitrogen and oxygen atoms in total. The van der Waals surface area contributed by atoms with Crippen molar-refractivity contribution in [1.82, 2.24) is 4.90 Å². The maximum Gasteiger partial charge on any atom is 0.0664 e. The molecule has 3 unspecified atom stereocenters. The van der Waals surface area contributed by atoms with Crippen LogP contribution in [0.25, 0.3) is 0 Å². The lowest BCUT2D eigenvalue weighted by molar-refractivity contribution is 0.0496. The Kier molecular flexibility index (Phi) is 3.45. The Bertz CT molecular complexity index is 183. The molecule has 3 atom stereocenters. The summed E-state index contributed by atoms with van der Waals surface area (Å²) in [5, 5.41) is 9.69. The van der Waals surface area contributed by atoms with Crippen molar-refractivity contribution in [2.24, 2.45) is 5.92 Å². The van der Waals surface area contributed by atoms with Crippen molar-refractivity contribution in [2.75, 3.05) is 13.1 Å². The molecule has 1 saturated carbocycles. The van der Waals surface area contributed by atoms with E-state index < -0.39 is 0 Å². The smallest absolute Gasteiger partial charge is 0.0664 e. The highest BCUT2D eigenvalue weighted by Crippen LogP contribution is 2.36. The Morgan fingerprint density at radius 3 is 2.86 bits per heavy atom. The van der Waals surface area contributed by atoms with E-state index in [1.807, 2.05) is 0 Å². The molecule has 1 saturated heterocycles. The molecule has 1 aliphatic heterocycles. The van der Waals surface area contributed by atoms with Crippen LogP contribution in [0.5, 0.6) is 0 Å². The molecule has 2 fully saturated rings. The summed E-state index contributed by atoms with van der Waals surface area (Å²) in [4.78, 5) is 2.55. The summed E-state index contributed by atoms with van der Waals surface area (Å²) < 4.78 is 0. The monoisotopic (exact) mass is 197 g/mol. The van der Waals surface area contributed by atoms with Crippen molar-refractivity contribution in [3.63, 3.8) is 0 Å². The topological polar surface area (TPSA) is 23.5 Å². The van der Waals surface area contributed by atoms with Gasteiger partial charge in [0.05, 0.1) is 6.10 Å². The molecule has 0 bridgehead atoms. The second-order valence-corrected chi connectivity index (χ2v) is 4.96. The van der Waals surface area contributed by atoms with Crippen LogP contribution in [0.2, 0.25) is 0 Å². The fourth-order valence-corrected chi connectivity index (χ4v) is 3.18. The number of likely N-dealkylation sites (tertiary alicyclic amines) is 1. The van der Waals surface area contributed by atoms with Gasteiger partial charge >= 0.3 is 0 Å². The van der Waals surface area contributed by atoms with E-state index in [2.05, 4.69) is 11.8 Å². The first kappa shape index (κ1) is 10.4. The van der Waals surface area contributed by atoms with Crippen LogP contribution >= 0.6 is 0 Å². The zero-order valence-electron chi connectivity index (χ0n) is 9.28. The average Bonchev–Trinajstić information content (AvgIpc) is 2.66. The Labute approximate surface area is 87.3 Å². The van der Waals surface area contributed by atoms with Crippen LogP contribution < -0.4 is 0 Å². The van der Waals surface area contributed by atoms with Crippen LogP contribution in [-0.2, 0) is 0 Å². The Balaban J connectivity index is 1.90. The predicted octanol–water partition coefficient (Wildman–Crippen LogP) is 2.02. The van der Waals surface area contributed by atoms with Gasteiger partial charge in [0.2, 0.25) is 0 Å². The van der Waals surface area contributed by atoms with Gasteiger partial charge < -0.3 is 5.11 Å². The van der Waals surface area contributed by atoms with E-state index in [0.717, 1.165) is 24.9 Å². The fourth-order valence-electron chi connectivity index (χ4n) is 3.18. The number of hydrogen-bond donors (Lipinski definition) is 1. The molecule has 0 aromatic heterocycles. The van der Waals surface area contributed by atoms with E-state index >= 15 is 0 Å². The van der Waals surface area contributed by atoms with Crippen molar-refractivity contribution >= 4 is 0 Å². The minimum atomic E-state index is -0.102. The van der Waals surface area contributed by atoms with Gasteiger partial charge in [0, 0.05) is 12.6 Å². The van der Waals surface area contributed by atoms with Crippen LogP contribution in [0.4, 0.5) is 0 Å². The van der Waals surface area contributed by atoms with Crippen LogP contribution in [0.15, 0.2) is 0 Å². The van der Waals surface area contributed by atoms with Crippen molar-refractivity contribution < 1.29 is 5.11 Å². The summed E-state index contributed by atoms with van der Waals surface area (Å²) in [6.45, 7) is 4.20. The van der Waals surface area contributed by atoms with Gasteiger partial charge in [0.1, 0.15) is 0 Å². The fraction of sp³-hybridized carbons (Fsp3) is 1.00. The second kappa shape index (κ2) is 4.63. The van der Waals surface area contributed by atoms with Crippen molar-refractivity contribution in [3.05, 3.63) is 0 Å². The van der Waals surface area contributed by atoms with Crippen molar-refractivity contribution in [2.45, 2.75) is 57.6 Å². The summed E-state index contributed by atoms with van der Waals surface area (Å²) in [6, 6.07) is 0.810. The molecular weight excluding hydrogens is 174 g/mol. The van der Waals surface area contributed by atoms with E-state index in [9.17, 15) is 5.11 Å². The third-order valence-corrected chi connectivity index (χ3v) is 4.02. The van der Waals surface area contributed by atoms with E-state index in [0.29, 0.717) is 0 Å².